The standard InChI is InChI=1S/C17H17FN2/c1-3-13-6-4-5-7-16(13)17(11-19)20-15-9-12(2)8-14(18)10-15/h4-10,17,20H,3H2,1-2H3. The Hall–Kier alpha value is -2.34. The number of nitriles is 1. The third kappa shape index (κ3) is 3.16. The number of hydrogen-bond acceptors (Lipinski definition) is 2. The van der Waals surface area contributed by atoms with Crippen LogP contribution in [-0.2, 0) is 6.42 Å². The van der Waals surface area contributed by atoms with Crippen molar-refractivity contribution in [3.8, 4) is 6.07 Å². The third-order valence-corrected chi connectivity index (χ3v) is 3.23. The molecule has 3 heteroatoms. The molecule has 0 heterocycles. The molecule has 0 fully saturated rings. The molecule has 1 atom stereocenters. The van der Waals surface area contributed by atoms with Crippen molar-refractivity contribution in [3.05, 3.63) is 65.0 Å². The Balaban J connectivity index is 2.32. The summed E-state index contributed by atoms with van der Waals surface area (Å²) in [6.45, 7) is 3.88. The van der Waals surface area contributed by atoms with Crippen LogP contribution in [-0.4, -0.2) is 0 Å². The van der Waals surface area contributed by atoms with Gasteiger partial charge in [0.1, 0.15) is 11.9 Å². The van der Waals surface area contributed by atoms with Crippen molar-refractivity contribution < 1.29 is 4.39 Å². The van der Waals surface area contributed by atoms with E-state index in [2.05, 4.69) is 18.3 Å². The lowest BCUT2D eigenvalue weighted by molar-refractivity contribution is 0.627. The van der Waals surface area contributed by atoms with E-state index in [0.717, 1.165) is 23.1 Å². The van der Waals surface area contributed by atoms with Gasteiger partial charge in [0.2, 0.25) is 0 Å². The fourth-order valence-corrected chi connectivity index (χ4v) is 2.30. The molecule has 2 rings (SSSR count). The molecule has 0 aromatic heterocycles. The van der Waals surface area contributed by atoms with E-state index in [4.69, 9.17) is 0 Å². The van der Waals surface area contributed by atoms with Gasteiger partial charge in [-0.1, -0.05) is 31.2 Å². The zero-order chi connectivity index (χ0) is 14.5. The van der Waals surface area contributed by atoms with Crippen molar-refractivity contribution in [2.24, 2.45) is 0 Å². The molecule has 1 N–H and O–H groups in total. The molecule has 0 saturated carbocycles. The minimum Gasteiger partial charge on any atom is -0.366 e. The van der Waals surface area contributed by atoms with E-state index in [1.165, 1.54) is 12.1 Å². The zero-order valence-corrected chi connectivity index (χ0v) is 11.7. The summed E-state index contributed by atoms with van der Waals surface area (Å²) in [5, 5.41) is 12.5. The molecular formula is C17H17FN2. The van der Waals surface area contributed by atoms with Crippen LogP contribution < -0.4 is 5.32 Å². The molecule has 2 nitrogen and oxygen atoms in total. The summed E-state index contributed by atoms with van der Waals surface area (Å²) in [6.07, 6.45) is 0.859. The number of halogens is 1. The van der Waals surface area contributed by atoms with Gasteiger partial charge in [-0.2, -0.15) is 5.26 Å². The molecule has 0 bridgehead atoms. The van der Waals surface area contributed by atoms with Crippen LogP contribution in [0.4, 0.5) is 10.1 Å². The van der Waals surface area contributed by atoms with Gasteiger partial charge in [-0.25, -0.2) is 4.39 Å². The number of nitrogens with zero attached hydrogens (tertiary/aromatic N) is 1. The molecule has 102 valence electrons. The van der Waals surface area contributed by atoms with Crippen LogP contribution >= 0.6 is 0 Å². The molecule has 0 saturated heterocycles. The lowest BCUT2D eigenvalue weighted by atomic mass is 9.99. The predicted octanol–water partition coefficient (Wildman–Crippen LogP) is 4.37. The Morgan fingerprint density at radius 1 is 1.25 bits per heavy atom. The molecule has 0 amide bonds. The molecule has 0 radical (unpaired) electrons. The molecule has 0 aliphatic heterocycles. The molecule has 0 aliphatic carbocycles. The van der Waals surface area contributed by atoms with E-state index in [0.29, 0.717) is 5.69 Å². The monoisotopic (exact) mass is 268 g/mol. The summed E-state index contributed by atoms with van der Waals surface area (Å²) >= 11 is 0. The van der Waals surface area contributed by atoms with Crippen molar-refractivity contribution in [1.82, 2.24) is 0 Å². The molecule has 20 heavy (non-hydrogen) atoms. The smallest absolute Gasteiger partial charge is 0.140 e. The highest BCUT2D eigenvalue weighted by atomic mass is 19.1. The van der Waals surface area contributed by atoms with Gasteiger partial charge in [-0.3, -0.25) is 0 Å². The molecule has 2 aromatic rings. The maximum absolute atomic E-state index is 13.4. The lowest BCUT2D eigenvalue weighted by Crippen LogP contribution is -2.11. The minimum atomic E-state index is -0.479. The van der Waals surface area contributed by atoms with Crippen molar-refractivity contribution in [2.45, 2.75) is 26.3 Å². The number of aryl methyl sites for hydroxylation is 2. The van der Waals surface area contributed by atoms with Crippen molar-refractivity contribution in [3.63, 3.8) is 0 Å². The topological polar surface area (TPSA) is 35.8 Å². The van der Waals surface area contributed by atoms with Crippen LogP contribution in [0.2, 0.25) is 0 Å². The molecule has 1 unspecified atom stereocenters. The van der Waals surface area contributed by atoms with E-state index in [9.17, 15) is 9.65 Å². The van der Waals surface area contributed by atoms with Crippen molar-refractivity contribution in [2.75, 3.05) is 5.32 Å². The SMILES string of the molecule is CCc1ccccc1C(C#N)Nc1cc(C)cc(F)c1. The first kappa shape index (κ1) is 14.1. The largest absolute Gasteiger partial charge is 0.366 e. The van der Waals surface area contributed by atoms with Crippen LogP contribution in [0.25, 0.3) is 0 Å². The normalized spacial score (nSPS) is 11.7. The van der Waals surface area contributed by atoms with Gasteiger partial charge in [0.15, 0.2) is 0 Å². The van der Waals surface area contributed by atoms with E-state index in [-0.39, 0.29) is 5.82 Å². The Morgan fingerprint density at radius 2 is 2.00 bits per heavy atom. The first-order valence-electron chi connectivity index (χ1n) is 6.65. The average molecular weight is 268 g/mol. The summed E-state index contributed by atoms with van der Waals surface area (Å²) in [6, 6.07) is 14.3. The maximum atomic E-state index is 13.4. The molecular weight excluding hydrogens is 251 g/mol. The van der Waals surface area contributed by atoms with Crippen LogP contribution in [0.5, 0.6) is 0 Å². The zero-order valence-electron chi connectivity index (χ0n) is 11.7. The van der Waals surface area contributed by atoms with E-state index >= 15 is 0 Å². The summed E-state index contributed by atoms with van der Waals surface area (Å²) in [4.78, 5) is 0. The Bertz CT molecular complexity index is 623. The highest BCUT2D eigenvalue weighted by Crippen LogP contribution is 2.24. The van der Waals surface area contributed by atoms with Crippen LogP contribution in [0.15, 0.2) is 42.5 Å². The number of nitrogens with one attached hydrogen (secondary N) is 1. The van der Waals surface area contributed by atoms with Crippen LogP contribution in [0.1, 0.15) is 29.7 Å². The number of benzene rings is 2. The van der Waals surface area contributed by atoms with Gasteiger partial charge in [-0.15, -0.1) is 0 Å². The van der Waals surface area contributed by atoms with Gasteiger partial charge in [0.25, 0.3) is 0 Å². The Labute approximate surface area is 118 Å². The first-order valence-corrected chi connectivity index (χ1v) is 6.65. The summed E-state index contributed by atoms with van der Waals surface area (Å²) in [7, 11) is 0. The number of hydrogen-bond donors (Lipinski definition) is 1. The van der Waals surface area contributed by atoms with E-state index < -0.39 is 6.04 Å². The molecule has 0 aliphatic rings. The second-order valence-corrected chi connectivity index (χ2v) is 4.78. The predicted molar refractivity (Wildman–Crippen MR) is 78.9 cm³/mol. The van der Waals surface area contributed by atoms with Gasteiger partial charge >= 0.3 is 0 Å². The Morgan fingerprint density at radius 3 is 2.65 bits per heavy atom. The van der Waals surface area contributed by atoms with Gasteiger partial charge < -0.3 is 5.32 Å². The average Bonchev–Trinajstić information content (AvgIpc) is 2.43. The van der Waals surface area contributed by atoms with E-state index in [1.54, 1.807) is 0 Å². The second kappa shape index (κ2) is 6.21. The number of rotatable bonds is 4. The van der Waals surface area contributed by atoms with Gasteiger partial charge in [0.05, 0.1) is 6.07 Å². The first-order chi connectivity index (χ1) is 9.63. The summed E-state index contributed by atoms with van der Waals surface area (Å²) in [5.74, 6) is -0.298. The fraction of sp³-hybridized carbons (Fsp3) is 0.235. The van der Waals surface area contributed by atoms with Gasteiger partial charge in [-0.05, 0) is 48.2 Å². The lowest BCUT2D eigenvalue weighted by Gasteiger charge is -2.17. The molecule has 2 aromatic carbocycles. The fourth-order valence-electron chi connectivity index (χ4n) is 2.30. The molecule has 0 spiro atoms. The second-order valence-electron chi connectivity index (χ2n) is 4.78. The van der Waals surface area contributed by atoms with Crippen LogP contribution in [0.3, 0.4) is 0 Å². The van der Waals surface area contributed by atoms with Crippen LogP contribution in [0, 0.1) is 24.1 Å². The number of anilines is 1. The highest BCUT2D eigenvalue weighted by Gasteiger charge is 2.13. The van der Waals surface area contributed by atoms with E-state index in [1.807, 2.05) is 37.3 Å². The third-order valence-electron chi connectivity index (χ3n) is 3.23. The van der Waals surface area contributed by atoms with Gasteiger partial charge in [0, 0.05) is 5.69 Å². The quantitative estimate of drug-likeness (QED) is 0.893. The Kier molecular flexibility index (Phi) is 4.37. The van der Waals surface area contributed by atoms with Crippen molar-refractivity contribution in [1.29, 1.82) is 5.26 Å². The minimum absolute atomic E-state index is 0.298. The summed E-state index contributed by atoms with van der Waals surface area (Å²) < 4.78 is 13.4. The highest BCUT2D eigenvalue weighted by molar-refractivity contribution is 5.50. The van der Waals surface area contributed by atoms with Crippen molar-refractivity contribution >= 4 is 5.69 Å². The summed E-state index contributed by atoms with van der Waals surface area (Å²) in [5.41, 5.74) is 3.52. The maximum Gasteiger partial charge on any atom is 0.140 e.